The third kappa shape index (κ3) is 4.71. The molecule has 0 rings (SSSR count). The van der Waals surface area contributed by atoms with E-state index in [1.165, 1.54) is 32.5 Å². The third-order valence-electron chi connectivity index (χ3n) is 2.01. The molecule has 0 bridgehead atoms. The van der Waals surface area contributed by atoms with E-state index < -0.39 is 26.8 Å². The van der Waals surface area contributed by atoms with E-state index in [9.17, 15) is 13.2 Å². The Morgan fingerprint density at radius 3 is 2.25 bits per heavy atom. The second-order valence-corrected chi connectivity index (χ2v) is 7.86. The third-order valence-corrected chi connectivity index (χ3v) is 4.86. The molecule has 0 aliphatic carbocycles. The minimum Gasteiger partial charge on any atom is -0.480 e. The van der Waals surface area contributed by atoms with Crippen molar-refractivity contribution in [2.75, 3.05) is 12.0 Å². The highest BCUT2D eigenvalue weighted by atomic mass is 32.2. The molecule has 96 valence electrons. The van der Waals surface area contributed by atoms with Crippen LogP contribution in [0.3, 0.4) is 0 Å². The fraction of sp³-hybridized carbons (Fsp3) is 0.889. The number of thioether (sulfide) groups is 1. The Morgan fingerprint density at radius 1 is 1.44 bits per heavy atom. The molecule has 0 unspecified atom stereocenters. The van der Waals surface area contributed by atoms with Crippen LogP contribution in [0.1, 0.15) is 27.2 Å². The highest BCUT2D eigenvalue weighted by Crippen LogP contribution is 2.15. The Kier molecular flexibility index (Phi) is 5.78. The van der Waals surface area contributed by atoms with Crippen molar-refractivity contribution in [1.82, 2.24) is 4.72 Å². The fourth-order valence-electron chi connectivity index (χ4n) is 0.833. The summed E-state index contributed by atoms with van der Waals surface area (Å²) in [4.78, 5) is 10.9. The minimum absolute atomic E-state index is 0.284. The molecular weight excluding hydrogens is 250 g/mol. The SMILES string of the molecule is CSCC[C@@H](NS(=O)(=O)C(C)(C)C)C(=O)O. The molecule has 0 fully saturated rings. The molecule has 0 saturated heterocycles. The molecule has 2 N–H and O–H groups in total. The van der Waals surface area contributed by atoms with Crippen LogP contribution in [0, 0.1) is 0 Å². The van der Waals surface area contributed by atoms with Crippen molar-refractivity contribution in [2.45, 2.75) is 38.0 Å². The molecule has 0 aliphatic rings. The number of rotatable bonds is 6. The first-order valence-corrected chi connectivity index (χ1v) is 7.73. The van der Waals surface area contributed by atoms with Crippen molar-refractivity contribution >= 4 is 27.8 Å². The highest BCUT2D eigenvalue weighted by molar-refractivity contribution is 7.98. The number of hydrogen-bond acceptors (Lipinski definition) is 4. The first-order valence-electron chi connectivity index (χ1n) is 4.85. The molecule has 0 saturated carbocycles. The fourth-order valence-corrected chi connectivity index (χ4v) is 2.25. The van der Waals surface area contributed by atoms with Crippen molar-refractivity contribution in [3.63, 3.8) is 0 Å². The number of carboxylic acid groups (broad SMARTS) is 1. The zero-order valence-electron chi connectivity index (χ0n) is 9.98. The maximum absolute atomic E-state index is 11.7. The summed E-state index contributed by atoms with van der Waals surface area (Å²) in [5.74, 6) is -0.536. The van der Waals surface area contributed by atoms with E-state index in [1.54, 1.807) is 0 Å². The van der Waals surface area contributed by atoms with Crippen molar-refractivity contribution in [3.05, 3.63) is 0 Å². The molecule has 0 heterocycles. The van der Waals surface area contributed by atoms with Crippen LogP contribution < -0.4 is 4.72 Å². The average Bonchev–Trinajstić information content (AvgIpc) is 2.09. The number of carbonyl (C=O) groups is 1. The summed E-state index contributed by atoms with van der Waals surface area (Å²) in [6, 6.07) is -1.04. The predicted octanol–water partition coefficient (Wildman–Crippen LogP) is 0.911. The lowest BCUT2D eigenvalue weighted by atomic mass is 10.2. The van der Waals surface area contributed by atoms with E-state index in [0.717, 1.165) is 0 Å². The van der Waals surface area contributed by atoms with Crippen molar-refractivity contribution < 1.29 is 18.3 Å². The second-order valence-electron chi connectivity index (χ2n) is 4.41. The average molecular weight is 269 g/mol. The second kappa shape index (κ2) is 5.88. The predicted molar refractivity (Wildman–Crippen MR) is 66.2 cm³/mol. The van der Waals surface area contributed by atoms with Gasteiger partial charge in [-0.05, 0) is 39.2 Å². The van der Waals surface area contributed by atoms with E-state index in [1.807, 2.05) is 6.26 Å². The van der Waals surface area contributed by atoms with Gasteiger partial charge >= 0.3 is 5.97 Å². The lowest BCUT2D eigenvalue weighted by molar-refractivity contribution is -0.139. The Bertz CT molecular complexity index is 332. The van der Waals surface area contributed by atoms with E-state index in [2.05, 4.69) is 4.72 Å². The molecule has 7 heteroatoms. The number of aliphatic carboxylic acids is 1. The zero-order valence-corrected chi connectivity index (χ0v) is 11.6. The monoisotopic (exact) mass is 269 g/mol. The van der Waals surface area contributed by atoms with Crippen LogP contribution in [0.15, 0.2) is 0 Å². The Labute approximate surface area is 101 Å². The van der Waals surface area contributed by atoms with Crippen LogP contribution in [0.4, 0.5) is 0 Å². The van der Waals surface area contributed by atoms with Crippen LogP contribution in [0.5, 0.6) is 0 Å². The van der Waals surface area contributed by atoms with Crippen LogP contribution in [0.25, 0.3) is 0 Å². The molecule has 0 spiro atoms. The zero-order chi connectivity index (χ0) is 13.0. The topological polar surface area (TPSA) is 83.5 Å². The van der Waals surface area contributed by atoms with E-state index in [4.69, 9.17) is 5.11 Å². The van der Waals surface area contributed by atoms with Gasteiger partial charge in [0.1, 0.15) is 6.04 Å². The Morgan fingerprint density at radius 2 is 1.94 bits per heavy atom. The van der Waals surface area contributed by atoms with Gasteiger partial charge in [-0.3, -0.25) is 4.79 Å². The Balaban J connectivity index is 4.71. The van der Waals surface area contributed by atoms with Gasteiger partial charge in [0.25, 0.3) is 0 Å². The molecule has 0 aliphatic heterocycles. The number of carboxylic acids is 1. The van der Waals surface area contributed by atoms with E-state index >= 15 is 0 Å². The molecule has 0 amide bonds. The molecule has 5 nitrogen and oxygen atoms in total. The van der Waals surface area contributed by atoms with E-state index in [0.29, 0.717) is 5.75 Å². The van der Waals surface area contributed by atoms with Gasteiger partial charge < -0.3 is 5.11 Å². The van der Waals surface area contributed by atoms with Gasteiger partial charge in [-0.15, -0.1) is 0 Å². The van der Waals surface area contributed by atoms with Crippen molar-refractivity contribution in [3.8, 4) is 0 Å². The summed E-state index contributed by atoms with van der Waals surface area (Å²) in [5.41, 5.74) is 0. The summed E-state index contributed by atoms with van der Waals surface area (Å²) in [6.07, 6.45) is 2.13. The molecule has 16 heavy (non-hydrogen) atoms. The van der Waals surface area contributed by atoms with Gasteiger partial charge in [0.2, 0.25) is 10.0 Å². The molecule has 1 atom stereocenters. The van der Waals surface area contributed by atoms with Gasteiger partial charge in [0.15, 0.2) is 0 Å². The highest BCUT2D eigenvalue weighted by Gasteiger charge is 2.33. The van der Waals surface area contributed by atoms with E-state index in [-0.39, 0.29) is 6.42 Å². The van der Waals surface area contributed by atoms with Crippen molar-refractivity contribution in [1.29, 1.82) is 0 Å². The van der Waals surface area contributed by atoms with Gasteiger partial charge in [-0.25, -0.2) is 13.1 Å². The number of sulfonamides is 1. The van der Waals surface area contributed by atoms with Gasteiger partial charge in [0, 0.05) is 0 Å². The van der Waals surface area contributed by atoms with Crippen LogP contribution in [0.2, 0.25) is 0 Å². The standard InChI is InChI=1S/C9H19NO4S2/c1-9(2,3)16(13,14)10-7(8(11)12)5-6-15-4/h7,10H,5-6H2,1-4H3,(H,11,12)/t7-/m1/s1. The maximum Gasteiger partial charge on any atom is 0.321 e. The molecule has 0 aromatic heterocycles. The van der Waals surface area contributed by atoms with Crippen LogP contribution >= 0.6 is 11.8 Å². The largest absolute Gasteiger partial charge is 0.480 e. The summed E-state index contributed by atoms with van der Waals surface area (Å²) in [6.45, 7) is 4.59. The number of hydrogen-bond donors (Lipinski definition) is 2. The quantitative estimate of drug-likeness (QED) is 0.749. The molecule has 0 aromatic rings. The van der Waals surface area contributed by atoms with Gasteiger partial charge in [-0.2, -0.15) is 11.8 Å². The first kappa shape index (κ1) is 15.7. The normalized spacial score (nSPS) is 14.8. The molecule has 0 aromatic carbocycles. The summed E-state index contributed by atoms with van der Waals surface area (Å²) in [7, 11) is -3.61. The molecule has 0 radical (unpaired) electrons. The smallest absolute Gasteiger partial charge is 0.321 e. The number of nitrogens with one attached hydrogen (secondary N) is 1. The summed E-state index contributed by atoms with van der Waals surface area (Å²) >= 11 is 1.48. The summed E-state index contributed by atoms with van der Waals surface area (Å²) in [5, 5.41) is 8.89. The van der Waals surface area contributed by atoms with Crippen LogP contribution in [-0.2, 0) is 14.8 Å². The lowest BCUT2D eigenvalue weighted by Crippen LogP contribution is -2.48. The maximum atomic E-state index is 11.7. The van der Waals surface area contributed by atoms with Gasteiger partial charge in [-0.1, -0.05) is 0 Å². The Hall–Kier alpha value is -0.270. The van der Waals surface area contributed by atoms with Gasteiger partial charge in [0.05, 0.1) is 4.75 Å². The minimum atomic E-state index is -3.61. The van der Waals surface area contributed by atoms with Crippen LogP contribution in [-0.4, -0.2) is 42.3 Å². The molecular formula is C9H19NO4S2. The first-order chi connectivity index (χ1) is 7.12. The summed E-state index contributed by atoms with van der Waals surface area (Å²) < 4.78 is 24.7. The van der Waals surface area contributed by atoms with Crippen molar-refractivity contribution in [2.24, 2.45) is 0 Å². The lowest BCUT2D eigenvalue weighted by Gasteiger charge is -2.23.